The van der Waals surface area contributed by atoms with Gasteiger partial charge in [-0.15, -0.1) is 0 Å². The number of piperidine rings is 1. The number of hydrogen-bond donors (Lipinski definition) is 1. The molecule has 3 aliphatic rings. The number of amides is 3. The Kier molecular flexibility index (Phi) is 7.13. The standard InChI is InChI=1S/C25H32F3N3O4/c1-17-23(35)29(10-3-6-21(33)30-11-9-24(7-8-24)20(32)16-30)12-13-31(17)22(34)15-18-4-2-5-19(14-18)25(26,27)28/h2,4-5,14,17,20,32H,3,6-13,15-16H2,1H3/t17-,20+/m0/s1. The number of alkyl halides is 3. The quantitative estimate of drug-likeness (QED) is 0.658. The van der Waals surface area contributed by atoms with E-state index in [2.05, 4.69) is 0 Å². The summed E-state index contributed by atoms with van der Waals surface area (Å²) >= 11 is 0. The first-order valence-corrected chi connectivity index (χ1v) is 12.2. The molecule has 0 bridgehead atoms. The molecule has 0 unspecified atom stereocenters. The molecule has 7 nitrogen and oxygen atoms in total. The molecular weight excluding hydrogens is 463 g/mol. The Labute approximate surface area is 202 Å². The van der Waals surface area contributed by atoms with Crippen LogP contribution in [0.15, 0.2) is 24.3 Å². The average molecular weight is 496 g/mol. The van der Waals surface area contributed by atoms with Gasteiger partial charge in [-0.25, -0.2) is 0 Å². The molecule has 192 valence electrons. The van der Waals surface area contributed by atoms with E-state index in [1.807, 2.05) is 0 Å². The number of likely N-dealkylation sites (tertiary alicyclic amines) is 1. The van der Waals surface area contributed by atoms with Crippen molar-refractivity contribution in [3.05, 3.63) is 35.4 Å². The van der Waals surface area contributed by atoms with Crippen LogP contribution in [-0.2, 0) is 27.0 Å². The molecule has 3 amide bonds. The van der Waals surface area contributed by atoms with E-state index >= 15 is 0 Å². The Balaban J connectivity index is 1.24. The number of halogens is 3. The predicted molar refractivity (Wildman–Crippen MR) is 121 cm³/mol. The number of β-amino-alcohol motifs (C(OH)–C–C–N with tert-alkyl or cyclic N) is 1. The third-order valence-electron chi connectivity index (χ3n) is 7.72. The molecule has 1 spiro atoms. The molecular formula is C25H32F3N3O4. The van der Waals surface area contributed by atoms with Crippen LogP contribution in [0.25, 0.3) is 0 Å². The van der Waals surface area contributed by atoms with Crippen LogP contribution in [0.2, 0.25) is 0 Å². The van der Waals surface area contributed by atoms with E-state index in [1.165, 1.54) is 17.0 Å². The average Bonchev–Trinajstić information content (AvgIpc) is 3.59. The van der Waals surface area contributed by atoms with Crippen molar-refractivity contribution in [1.29, 1.82) is 0 Å². The Morgan fingerprint density at radius 1 is 1.11 bits per heavy atom. The molecule has 3 fully saturated rings. The van der Waals surface area contributed by atoms with Crippen LogP contribution in [0.4, 0.5) is 13.2 Å². The Bertz CT molecular complexity index is 979. The minimum atomic E-state index is -4.48. The van der Waals surface area contributed by atoms with E-state index in [0.29, 0.717) is 39.1 Å². The summed E-state index contributed by atoms with van der Waals surface area (Å²) in [6, 6.07) is 3.95. The van der Waals surface area contributed by atoms with Crippen LogP contribution in [0.5, 0.6) is 0 Å². The zero-order chi connectivity index (χ0) is 25.4. The minimum absolute atomic E-state index is 0.0186. The highest BCUT2D eigenvalue weighted by atomic mass is 19.4. The number of aliphatic hydroxyl groups excluding tert-OH is 1. The van der Waals surface area contributed by atoms with Crippen molar-refractivity contribution in [2.45, 2.75) is 63.8 Å². The summed E-state index contributed by atoms with van der Waals surface area (Å²) in [5.74, 6) is -0.641. The summed E-state index contributed by atoms with van der Waals surface area (Å²) in [5, 5.41) is 10.3. The van der Waals surface area contributed by atoms with Gasteiger partial charge in [0.1, 0.15) is 6.04 Å². The van der Waals surface area contributed by atoms with E-state index in [9.17, 15) is 32.7 Å². The first kappa shape index (κ1) is 25.5. The van der Waals surface area contributed by atoms with Gasteiger partial charge in [0.25, 0.3) is 0 Å². The topological polar surface area (TPSA) is 81.2 Å². The van der Waals surface area contributed by atoms with E-state index < -0.39 is 29.8 Å². The fourth-order valence-corrected chi connectivity index (χ4v) is 5.19. The van der Waals surface area contributed by atoms with Gasteiger partial charge in [-0.2, -0.15) is 13.2 Å². The summed E-state index contributed by atoms with van der Waals surface area (Å²) in [5.41, 5.74) is -0.518. The van der Waals surface area contributed by atoms with Gasteiger partial charge in [-0.05, 0) is 49.7 Å². The van der Waals surface area contributed by atoms with Crippen LogP contribution in [0.3, 0.4) is 0 Å². The number of piperazine rings is 1. The van der Waals surface area contributed by atoms with Gasteiger partial charge in [-0.3, -0.25) is 14.4 Å². The lowest BCUT2D eigenvalue weighted by Crippen LogP contribution is -2.58. The Morgan fingerprint density at radius 3 is 2.51 bits per heavy atom. The predicted octanol–water partition coefficient (Wildman–Crippen LogP) is 2.46. The van der Waals surface area contributed by atoms with Crippen molar-refractivity contribution in [3.8, 4) is 0 Å². The van der Waals surface area contributed by atoms with Crippen molar-refractivity contribution in [2.75, 3.05) is 32.7 Å². The molecule has 1 aliphatic carbocycles. The smallest absolute Gasteiger partial charge is 0.391 e. The third kappa shape index (κ3) is 5.63. The second kappa shape index (κ2) is 9.79. The number of aliphatic hydroxyl groups is 1. The van der Waals surface area contributed by atoms with Crippen molar-refractivity contribution < 1.29 is 32.7 Å². The molecule has 0 aromatic heterocycles. The largest absolute Gasteiger partial charge is 0.416 e. The van der Waals surface area contributed by atoms with E-state index in [-0.39, 0.29) is 35.6 Å². The first-order chi connectivity index (χ1) is 16.5. The number of carbonyl (C=O) groups excluding carboxylic acids is 3. The van der Waals surface area contributed by atoms with Crippen molar-refractivity contribution in [3.63, 3.8) is 0 Å². The monoisotopic (exact) mass is 495 g/mol. The molecule has 4 rings (SSSR count). The van der Waals surface area contributed by atoms with Gasteiger partial charge < -0.3 is 19.8 Å². The van der Waals surface area contributed by atoms with Crippen LogP contribution in [0, 0.1) is 5.41 Å². The van der Waals surface area contributed by atoms with Crippen LogP contribution >= 0.6 is 0 Å². The highest BCUT2D eigenvalue weighted by Gasteiger charge is 2.51. The van der Waals surface area contributed by atoms with Gasteiger partial charge in [0.15, 0.2) is 0 Å². The zero-order valence-corrected chi connectivity index (χ0v) is 19.9. The van der Waals surface area contributed by atoms with Crippen LogP contribution in [0.1, 0.15) is 50.2 Å². The van der Waals surface area contributed by atoms with E-state index in [4.69, 9.17) is 0 Å². The molecule has 1 saturated carbocycles. The summed E-state index contributed by atoms with van der Waals surface area (Å²) in [6.45, 7) is 3.66. The second-order valence-corrected chi connectivity index (χ2v) is 10.0. The molecule has 2 heterocycles. The highest BCUT2D eigenvalue weighted by molar-refractivity contribution is 5.89. The molecule has 35 heavy (non-hydrogen) atoms. The maximum absolute atomic E-state index is 12.9. The summed E-state index contributed by atoms with van der Waals surface area (Å²) < 4.78 is 38.8. The highest BCUT2D eigenvalue weighted by Crippen LogP contribution is 2.53. The first-order valence-electron chi connectivity index (χ1n) is 12.2. The van der Waals surface area contributed by atoms with E-state index in [0.717, 1.165) is 31.4 Å². The summed E-state index contributed by atoms with van der Waals surface area (Å²) in [7, 11) is 0. The molecule has 2 atom stereocenters. The molecule has 1 N–H and O–H groups in total. The van der Waals surface area contributed by atoms with Crippen molar-refractivity contribution in [2.24, 2.45) is 5.41 Å². The Hall–Kier alpha value is -2.62. The SMILES string of the molecule is C[C@H]1C(=O)N(CCCC(=O)N2CCC3(CC3)[C@H](O)C2)CCN1C(=O)Cc1cccc(C(F)(F)F)c1. The third-order valence-corrected chi connectivity index (χ3v) is 7.72. The molecule has 1 aromatic rings. The van der Waals surface area contributed by atoms with Crippen LogP contribution in [-0.4, -0.2) is 82.4 Å². The number of carbonyl (C=O) groups is 3. The lowest BCUT2D eigenvalue weighted by molar-refractivity contribution is -0.150. The minimum Gasteiger partial charge on any atom is -0.391 e. The molecule has 1 aromatic carbocycles. The van der Waals surface area contributed by atoms with Gasteiger partial charge in [0.2, 0.25) is 17.7 Å². The number of nitrogens with zero attached hydrogens (tertiary/aromatic N) is 3. The zero-order valence-electron chi connectivity index (χ0n) is 19.9. The van der Waals surface area contributed by atoms with E-state index in [1.54, 1.807) is 16.7 Å². The summed E-state index contributed by atoms with van der Waals surface area (Å²) in [6.07, 6.45) is -1.46. The molecule has 2 saturated heterocycles. The Morgan fingerprint density at radius 2 is 1.86 bits per heavy atom. The lowest BCUT2D eigenvalue weighted by atomic mass is 9.90. The van der Waals surface area contributed by atoms with Crippen molar-refractivity contribution in [1.82, 2.24) is 14.7 Å². The number of hydrogen-bond acceptors (Lipinski definition) is 4. The number of benzene rings is 1. The fourth-order valence-electron chi connectivity index (χ4n) is 5.19. The lowest BCUT2D eigenvalue weighted by Gasteiger charge is -2.39. The molecule has 2 aliphatic heterocycles. The second-order valence-electron chi connectivity index (χ2n) is 10.0. The molecule has 0 radical (unpaired) electrons. The van der Waals surface area contributed by atoms with Crippen molar-refractivity contribution >= 4 is 17.7 Å². The maximum Gasteiger partial charge on any atom is 0.416 e. The van der Waals surface area contributed by atoms with Gasteiger partial charge in [0, 0.05) is 39.1 Å². The van der Waals surface area contributed by atoms with Gasteiger partial charge in [0.05, 0.1) is 18.1 Å². The normalized spacial score (nSPS) is 24.1. The fraction of sp³-hybridized carbons (Fsp3) is 0.640. The summed E-state index contributed by atoms with van der Waals surface area (Å²) in [4.78, 5) is 42.9. The van der Waals surface area contributed by atoms with Gasteiger partial charge >= 0.3 is 6.18 Å². The maximum atomic E-state index is 12.9. The van der Waals surface area contributed by atoms with Crippen LogP contribution < -0.4 is 0 Å². The van der Waals surface area contributed by atoms with Gasteiger partial charge in [-0.1, -0.05) is 18.2 Å². The molecule has 10 heteroatoms. The number of rotatable bonds is 6.